The van der Waals surface area contributed by atoms with Crippen molar-refractivity contribution in [2.75, 3.05) is 4.90 Å². The lowest BCUT2D eigenvalue weighted by Gasteiger charge is -2.51. The number of fused-ring (bicyclic) bond motifs is 9. The molecule has 0 N–H and O–H groups in total. The average Bonchev–Trinajstić information content (AvgIpc) is 3.82. The predicted molar refractivity (Wildman–Crippen MR) is 306 cm³/mol. The Kier molecular flexibility index (Phi) is 10.6. The van der Waals surface area contributed by atoms with Gasteiger partial charge in [-0.1, -0.05) is 231 Å². The molecule has 0 fully saturated rings. The summed E-state index contributed by atoms with van der Waals surface area (Å²) in [6.07, 6.45) is 3.83. The molecule has 0 aliphatic carbocycles. The maximum Gasteiger partial charge on any atom is 0.188 e. The number of anilines is 2. The molecule has 0 radical (unpaired) electrons. The van der Waals surface area contributed by atoms with Crippen LogP contribution in [0, 0.1) is 0 Å². The van der Waals surface area contributed by atoms with Crippen LogP contribution in [-0.2, 0) is 0 Å². The fourth-order valence-corrected chi connectivity index (χ4v) is 24.6. The van der Waals surface area contributed by atoms with Gasteiger partial charge in [-0.05, 0) is 113 Å². The van der Waals surface area contributed by atoms with Crippen molar-refractivity contribution in [3.63, 3.8) is 0 Å². The minimum absolute atomic E-state index is 0.770. The highest BCUT2D eigenvalue weighted by Crippen LogP contribution is 2.36. The third-order valence-electron chi connectivity index (χ3n) is 15.1. The molecule has 11 aromatic rings. The highest BCUT2D eigenvalue weighted by molar-refractivity contribution is 7.33. The summed E-state index contributed by atoms with van der Waals surface area (Å²) in [6, 6.07) is 94.2. The summed E-state index contributed by atoms with van der Waals surface area (Å²) in [4.78, 5) is 2.54. The summed E-state index contributed by atoms with van der Waals surface area (Å²) >= 11 is 0. The second-order valence-electron chi connectivity index (χ2n) is 18.7. The summed E-state index contributed by atoms with van der Waals surface area (Å²) < 4.78 is 13.7. The summed E-state index contributed by atoms with van der Waals surface area (Å²) in [5.74, 6) is 1.84. The van der Waals surface area contributed by atoms with E-state index in [2.05, 4.69) is 267 Å². The third-order valence-corrected chi connectivity index (χ3v) is 25.4. The smallest absolute Gasteiger partial charge is 0.188 e. The Hall–Kier alpha value is -8.75. The van der Waals surface area contributed by atoms with Crippen LogP contribution >= 0.6 is 0 Å². The van der Waals surface area contributed by atoms with E-state index >= 15 is 0 Å². The first-order chi connectivity index (χ1) is 35.6. The Morgan fingerprint density at radius 2 is 0.889 bits per heavy atom. The standard InChI is InChI=1S/C67H49NO2Si2/c1-3-22-60-66(55-29-13-14-31-57(55)69-60)47(2)68(52-45-43-51(44-46-52)50-41-39-49(40-42-50)48-23-7-4-8-24-48)56-30-21-38-65-67(56)71(53-25-9-5-10-26-53,54-27-11-6-12-28-54)63-36-19-20-37-64(63)72(65)61-34-17-15-32-58(61)70-59-33-16-18-35-62(59)72/h3-46H,1H2,2H3/b60-22+,66-47+. The number of benzene rings is 10. The van der Waals surface area contributed by atoms with Gasteiger partial charge in [0.05, 0.1) is 0 Å². The normalized spacial score (nSPS) is 14.3. The van der Waals surface area contributed by atoms with E-state index in [1.807, 2.05) is 18.2 Å². The van der Waals surface area contributed by atoms with Gasteiger partial charge in [0.1, 0.15) is 22.5 Å². The molecule has 3 heterocycles. The number of rotatable bonds is 8. The van der Waals surface area contributed by atoms with E-state index in [1.165, 1.54) is 52.6 Å². The van der Waals surface area contributed by atoms with Gasteiger partial charge in [-0.3, -0.25) is 0 Å². The van der Waals surface area contributed by atoms with Crippen molar-refractivity contribution in [2.45, 2.75) is 6.92 Å². The van der Waals surface area contributed by atoms with Gasteiger partial charge in [-0.2, -0.15) is 0 Å². The van der Waals surface area contributed by atoms with Gasteiger partial charge in [0.2, 0.25) is 0 Å². The molecule has 0 saturated heterocycles. The topological polar surface area (TPSA) is 25.6 Å². The van der Waals surface area contributed by atoms with Gasteiger partial charge in [-0.25, -0.2) is 0 Å². The SMILES string of the molecule is C=C/C=c1/oc2ccccc2/c1=C(/C)N(c1ccc(-c2ccc(-c3ccccc3)cc2)cc1)c1cccc2c1[Si](c1ccccc1)(c1ccccc1)c1ccccc1[Si]21c2ccccc2Oc2ccccc21. The van der Waals surface area contributed by atoms with Crippen LogP contribution in [-0.4, -0.2) is 16.1 Å². The molecular weight excluding hydrogens is 907 g/mol. The van der Waals surface area contributed by atoms with Crippen LogP contribution < -0.4 is 61.8 Å². The van der Waals surface area contributed by atoms with Crippen LogP contribution in [0.15, 0.2) is 272 Å². The minimum Gasteiger partial charge on any atom is -0.458 e. The van der Waals surface area contributed by atoms with Crippen LogP contribution in [0.2, 0.25) is 0 Å². The summed E-state index contributed by atoms with van der Waals surface area (Å²) in [5.41, 5.74) is 9.55. The molecule has 1 aromatic heterocycles. The molecule has 10 aromatic carbocycles. The first-order valence-electron chi connectivity index (χ1n) is 24.7. The van der Waals surface area contributed by atoms with Crippen molar-refractivity contribution in [1.82, 2.24) is 0 Å². The monoisotopic (exact) mass is 955 g/mol. The zero-order valence-electron chi connectivity index (χ0n) is 39.9. The second kappa shape index (κ2) is 17.6. The zero-order valence-corrected chi connectivity index (χ0v) is 41.9. The number of allylic oxidation sites excluding steroid dienone is 1. The molecule has 2 aliphatic rings. The van der Waals surface area contributed by atoms with E-state index in [0.717, 1.165) is 61.3 Å². The number of hydrogen-bond acceptors (Lipinski definition) is 3. The molecule has 5 heteroatoms. The molecule has 342 valence electrons. The molecule has 0 unspecified atom stereocenters. The molecular formula is C67H49NO2Si2. The van der Waals surface area contributed by atoms with Gasteiger partial charge < -0.3 is 14.1 Å². The first kappa shape index (κ1) is 43.3. The van der Waals surface area contributed by atoms with Crippen LogP contribution in [0.1, 0.15) is 6.92 Å². The van der Waals surface area contributed by atoms with Gasteiger partial charge in [0.15, 0.2) is 16.1 Å². The Morgan fingerprint density at radius 3 is 1.47 bits per heavy atom. The number of furan rings is 1. The van der Waals surface area contributed by atoms with Crippen molar-refractivity contribution in [2.24, 2.45) is 0 Å². The molecule has 0 atom stereocenters. The lowest BCUT2D eigenvalue weighted by molar-refractivity contribution is 0.487. The fraction of sp³-hybridized carbons (Fsp3) is 0.0149. The number of para-hydroxylation sites is 3. The molecule has 0 bridgehead atoms. The van der Waals surface area contributed by atoms with E-state index in [4.69, 9.17) is 9.15 Å². The summed E-state index contributed by atoms with van der Waals surface area (Å²) in [5, 5.41) is 12.8. The maximum absolute atomic E-state index is 6.95. The Morgan fingerprint density at radius 1 is 0.431 bits per heavy atom. The number of ether oxygens (including phenoxy) is 1. The van der Waals surface area contributed by atoms with Crippen LogP contribution in [0.3, 0.4) is 0 Å². The van der Waals surface area contributed by atoms with Crippen molar-refractivity contribution < 1.29 is 9.15 Å². The molecule has 3 nitrogen and oxygen atoms in total. The fourth-order valence-electron chi connectivity index (χ4n) is 12.1. The van der Waals surface area contributed by atoms with Gasteiger partial charge in [0, 0.05) is 27.7 Å². The molecule has 72 heavy (non-hydrogen) atoms. The summed E-state index contributed by atoms with van der Waals surface area (Å²) in [6.45, 7) is 6.43. The molecule has 0 amide bonds. The third kappa shape index (κ3) is 6.55. The number of hydrogen-bond donors (Lipinski definition) is 0. The Balaban J connectivity index is 1.18. The van der Waals surface area contributed by atoms with Gasteiger partial charge in [-0.15, -0.1) is 0 Å². The van der Waals surface area contributed by atoms with Crippen LogP contribution in [0.25, 0.3) is 45.0 Å². The van der Waals surface area contributed by atoms with Crippen molar-refractivity contribution in [3.8, 4) is 33.8 Å². The van der Waals surface area contributed by atoms with E-state index in [-0.39, 0.29) is 0 Å². The molecule has 2 aliphatic heterocycles. The van der Waals surface area contributed by atoms with Crippen molar-refractivity contribution in [3.05, 3.63) is 278 Å². The first-order valence-corrected chi connectivity index (χ1v) is 28.7. The van der Waals surface area contributed by atoms with Crippen LogP contribution in [0.4, 0.5) is 11.4 Å². The Labute approximate surface area is 422 Å². The van der Waals surface area contributed by atoms with E-state index in [0.29, 0.717) is 0 Å². The quantitative estimate of drug-likeness (QED) is 0.142. The predicted octanol–water partition coefficient (Wildman–Crippen LogP) is 9.87. The number of nitrogens with zero attached hydrogens (tertiary/aromatic N) is 1. The van der Waals surface area contributed by atoms with Gasteiger partial charge in [0.25, 0.3) is 0 Å². The van der Waals surface area contributed by atoms with E-state index in [9.17, 15) is 0 Å². The van der Waals surface area contributed by atoms with E-state index in [1.54, 1.807) is 0 Å². The lowest BCUT2D eigenvalue weighted by atomic mass is 10.00. The highest BCUT2D eigenvalue weighted by Gasteiger charge is 2.60. The highest BCUT2D eigenvalue weighted by atomic mass is 28.3. The Bertz CT molecular complexity index is 3890. The zero-order chi connectivity index (χ0) is 48.2. The lowest BCUT2D eigenvalue weighted by Crippen LogP contribution is -2.93. The average molecular weight is 956 g/mol. The van der Waals surface area contributed by atoms with Crippen molar-refractivity contribution in [1.29, 1.82) is 0 Å². The minimum atomic E-state index is -3.29. The molecule has 13 rings (SSSR count). The van der Waals surface area contributed by atoms with Gasteiger partial charge >= 0.3 is 0 Å². The van der Waals surface area contributed by atoms with E-state index < -0.39 is 16.1 Å². The molecule has 0 saturated carbocycles. The largest absolute Gasteiger partial charge is 0.458 e. The second-order valence-corrected chi connectivity index (χ2v) is 26.1. The van der Waals surface area contributed by atoms with Crippen LogP contribution in [0.5, 0.6) is 11.5 Å². The maximum atomic E-state index is 6.95. The summed E-state index contributed by atoms with van der Waals surface area (Å²) in [7, 11) is -6.49. The molecule has 1 spiro atoms. The van der Waals surface area contributed by atoms with Crippen molar-refractivity contribution >= 4 is 91.8 Å².